The van der Waals surface area contributed by atoms with Gasteiger partial charge in [0.15, 0.2) is 0 Å². The number of ether oxygens (including phenoxy) is 1. The van der Waals surface area contributed by atoms with Gasteiger partial charge in [-0.05, 0) is 35.3 Å². The lowest BCUT2D eigenvalue weighted by Gasteiger charge is -2.16. The molecule has 1 heterocycles. The zero-order valence-corrected chi connectivity index (χ0v) is 10.7. The Labute approximate surface area is 97.2 Å². The number of hydrogen-bond donors (Lipinski definition) is 1. The maximum Gasteiger partial charge on any atom is 0.265 e. The molecule has 1 atom stereocenters. The van der Waals surface area contributed by atoms with Gasteiger partial charge in [0.1, 0.15) is 0 Å². The summed E-state index contributed by atoms with van der Waals surface area (Å²) in [5, 5.41) is 0. The average molecular weight is 275 g/mol. The van der Waals surface area contributed by atoms with Crippen molar-refractivity contribution < 1.29 is 4.74 Å². The zero-order valence-electron chi connectivity index (χ0n) is 9.08. The van der Waals surface area contributed by atoms with Crippen LogP contribution in [0.4, 0.5) is 5.69 Å². The van der Waals surface area contributed by atoms with Crippen LogP contribution >= 0.6 is 15.9 Å². The van der Waals surface area contributed by atoms with Crippen LogP contribution in [-0.4, -0.2) is 18.3 Å². The Morgan fingerprint density at radius 2 is 2.27 bits per heavy atom. The maximum absolute atomic E-state index is 11.9. The summed E-state index contributed by atoms with van der Waals surface area (Å²) in [5.41, 5.74) is 7.10. The molecular formula is C10H15BrN2O2. The van der Waals surface area contributed by atoms with Crippen molar-refractivity contribution in [2.45, 2.75) is 19.9 Å². The van der Waals surface area contributed by atoms with Gasteiger partial charge in [-0.3, -0.25) is 4.79 Å². The van der Waals surface area contributed by atoms with E-state index in [2.05, 4.69) is 15.9 Å². The topological polar surface area (TPSA) is 57.2 Å². The summed E-state index contributed by atoms with van der Waals surface area (Å²) in [6, 6.07) is -0.0262. The molecule has 2 N–H and O–H groups in total. The largest absolute Gasteiger partial charge is 0.397 e. The monoisotopic (exact) mass is 274 g/mol. The first-order chi connectivity index (χ1) is 6.99. The molecule has 84 valence electrons. The van der Waals surface area contributed by atoms with Crippen LogP contribution < -0.4 is 11.3 Å². The van der Waals surface area contributed by atoms with E-state index in [1.54, 1.807) is 17.9 Å². The summed E-state index contributed by atoms with van der Waals surface area (Å²) in [6.07, 6.45) is 1.66. The van der Waals surface area contributed by atoms with Gasteiger partial charge in [-0.25, -0.2) is 0 Å². The predicted molar refractivity (Wildman–Crippen MR) is 64.1 cm³/mol. The summed E-state index contributed by atoms with van der Waals surface area (Å²) in [6.45, 7) is 4.20. The van der Waals surface area contributed by atoms with E-state index < -0.39 is 0 Å². The van der Waals surface area contributed by atoms with Crippen molar-refractivity contribution in [3.63, 3.8) is 0 Å². The van der Waals surface area contributed by atoms with Gasteiger partial charge in [0.05, 0.1) is 22.8 Å². The second-order valence-corrected chi connectivity index (χ2v) is 4.33. The van der Waals surface area contributed by atoms with Crippen molar-refractivity contribution in [2.75, 3.05) is 19.5 Å². The van der Waals surface area contributed by atoms with E-state index in [1.165, 1.54) is 0 Å². The second kappa shape index (κ2) is 4.81. The van der Waals surface area contributed by atoms with E-state index >= 15 is 0 Å². The zero-order chi connectivity index (χ0) is 11.6. The third kappa shape index (κ3) is 2.41. The first-order valence-electron chi connectivity index (χ1n) is 4.64. The van der Waals surface area contributed by atoms with Crippen molar-refractivity contribution in [2.24, 2.45) is 0 Å². The van der Waals surface area contributed by atoms with Crippen LogP contribution in [0.2, 0.25) is 0 Å². The number of methoxy groups -OCH3 is 1. The first-order valence-corrected chi connectivity index (χ1v) is 5.44. The minimum atomic E-state index is -0.0775. The maximum atomic E-state index is 11.9. The molecular weight excluding hydrogens is 260 g/mol. The third-order valence-electron chi connectivity index (χ3n) is 2.35. The van der Waals surface area contributed by atoms with Crippen LogP contribution in [0.15, 0.2) is 15.5 Å². The van der Waals surface area contributed by atoms with Crippen LogP contribution in [0.1, 0.15) is 18.5 Å². The number of nitrogens with two attached hydrogens (primary N) is 1. The van der Waals surface area contributed by atoms with E-state index in [1.807, 2.05) is 13.8 Å². The molecule has 1 unspecified atom stereocenters. The molecule has 5 heteroatoms. The molecule has 0 fully saturated rings. The van der Waals surface area contributed by atoms with Gasteiger partial charge in [0, 0.05) is 13.3 Å². The molecule has 0 aliphatic carbocycles. The van der Waals surface area contributed by atoms with Gasteiger partial charge < -0.3 is 15.0 Å². The normalized spacial score (nSPS) is 12.8. The summed E-state index contributed by atoms with van der Waals surface area (Å²) in [7, 11) is 1.61. The fourth-order valence-electron chi connectivity index (χ4n) is 1.35. The molecule has 0 aromatic carbocycles. The minimum Gasteiger partial charge on any atom is -0.397 e. The van der Waals surface area contributed by atoms with Crippen LogP contribution in [0.3, 0.4) is 0 Å². The number of anilines is 1. The molecule has 4 nitrogen and oxygen atoms in total. The number of hydrogen-bond acceptors (Lipinski definition) is 3. The number of halogens is 1. The van der Waals surface area contributed by atoms with E-state index in [-0.39, 0.29) is 11.6 Å². The van der Waals surface area contributed by atoms with E-state index in [4.69, 9.17) is 10.5 Å². The fourth-order valence-corrected chi connectivity index (χ4v) is 1.79. The van der Waals surface area contributed by atoms with Gasteiger partial charge in [-0.2, -0.15) is 0 Å². The van der Waals surface area contributed by atoms with Crippen molar-refractivity contribution in [1.82, 2.24) is 4.57 Å². The van der Waals surface area contributed by atoms with Gasteiger partial charge in [0.2, 0.25) is 0 Å². The highest BCUT2D eigenvalue weighted by atomic mass is 79.9. The van der Waals surface area contributed by atoms with Crippen LogP contribution in [0.5, 0.6) is 0 Å². The molecule has 0 bridgehead atoms. The standard InChI is InChI=1S/C10H15BrN2O2/c1-6(5-15-3)13-4-8(12)7(2)9(11)10(13)14/h4,6H,5,12H2,1-3H3. The lowest BCUT2D eigenvalue weighted by atomic mass is 10.2. The average Bonchev–Trinajstić information content (AvgIpc) is 2.20. The first kappa shape index (κ1) is 12.3. The number of aromatic nitrogens is 1. The lowest BCUT2D eigenvalue weighted by Crippen LogP contribution is -2.27. The summed E-state index contributed by atoms with van der Waals surface area (Å²) in [5.74, 6) is 0. The molecule has 0 spiro atoms. The van der Waals surface area contributed by atoms with Gasteiger partial charge in [0.25, 0.3) is 5.56 Å². The van der Waals surface area contributed by atoms with E-state index in [0.29, 0.717) is 16.8 Å². The van der Waals surface area contributed by atoms with Crippen LogP contribution in [-0.2, 0) is 4.74 Å². The second-order valence-electron chi connectivity index (χ2n) is 3.54. The van der Waals surface area contributed by atoms with Crippen LogP contribution in [0, 0.1) is 6.92 Å². The number of rotatable bonds is 3. The molecule has 1 aromatic rings. The molecule has 0 aliphatic heterocycles. The molecule has 0 radical (unpaired) electrons. The fraction of sp³-hybridized carbons (Fsp3) is 0.500. The van der Waals surface area contributed by atoms with E-state index in [9.17, 15) is 4.79 Å². The molecule has 1 aromatic heterocycles. The summed E-state index contributed by atoms with van der Waals surface area (Å²) in [4.78, 5) is 11.9. The molecule has 0 amide bonds. The summed E-state index contributed by atoms with van der Waals surface area (Å²) < 4.78 is 7.11. The third-order valence-corrected chi connectivity index (χ3v) is 3.28. The van der Waals surface area contributed by atoms with Crippen molar-refractivity contribution in [3.05, 3.63) is 26.6 Å². The van der Waals surface area contributed by atoms with Gasteiger partial charge >= 0.3 is 0 Å². The SMILES string of the molecule is COCC(C)n1cc(N)c(C)c(Br)c1=O. The van der Waals surface area contributed by atoms with Crippen molar-refractivity contribution in [1.29, 1.82) is 0 Å². The predicted octanol–water partition coefficient (Wildman–Crippen LogP) is 1.71. The Bertz CT molecular complexity index is 415. The number of nitrogen functional groups attached to an aromatic ring is 1. The molecule has 0 saturated carbocycles. The highest BCUT2D eigenvalue weighted by Crippen LogP contribution is 2.18. The van der Waals surface area contributed by atoms with Gasteiger partial charge in [-0.1, -0.05) is 0 Å². The molecule has 0 aliphatic rings. The Balaban J connectivity index is 3.26. The quantitative estimate of drug-likeness (QED) is 0.913. The lowest BCUT2D eigenvalue weighted by molar-refractivity contribution is 0.160. The highest BCUT2D eigenvalue weighted by Gasteiger charge is 2.12. The van der Waals surface area contributed by atoms with Crippen LogP contribution in [0.25, 0.3) is 0 Å². The molecule has 1 rings (SSSR count). The van der Waals surface area contributed by atoms with Crippen molar-refractivity contribution >= 4 is 21.6 Å². The smallest absolute Gasteiger partial charge is 0.265 e. The molecule has 15 heavy (non-hydrogen) atoms. The highest BCUT2D eigenvalue weighted by molar-refractivity contribution is 9.10. The Hall–Kier alpha value is -0.810. The summed E-state index contributed by atoms with van der Waals surface area (Å²) >= 11 is 3.25. The number of pyridine rings is 1. The number of nitrogens with zero attached hydrogens (tertiary/aromatic N) is 1. The minimum absolute atomic E-state index is 0.0262. The Kier molecular flexibility index (Phi) is 3.93. The Morgan fingerprint density at radius 3 is 2.80 bits per heavy atom. The van der Waals surface area contributed by atoms with Gasteiger partial charge in [-0.15, -0.1) is 0 Å². The molecule has 0 saturated heterocycles. The van der Waals surface area contributed by atoms with Crippen molar-refractivity contribution in [3.8, 4) is 0 Å². The van der Waals surface area contributed by atoms with E-state index in [0.717, 1.165) is 5.56 Å². The Morgan fingerprint density at radius 1 is 1.67 bits per heavy atom.